The lowest BCUT2D eigenvalue weighted by Gasteiger charge is -2.13. The summed E-state index contributed by atoms with van der Waals surface area (Å²) in [6.07, 6.45) is -1.63. The van der Waals surface area contributed by atoms with Gasteiger partial charge in [0.1, 0.15) is 3.70 Å². The second kappa shape index (κ2) is 6.93. The molecule has 0 saturated heterocycles. The maximum atomic E-state index is 13.1. The zero-order chi connectivity index (χ0) is 13.7. The molecule has 0 aliphatic heterocycles. The number of nitrogens with two attached hydrogens (primary N) is 1. The van der Waals surface area contributed by atoms with Gasteiger partial charge in [-0.25, -0.2) is 13.8 Å². The van der Waals surface area contributed by atoms with E-state index in [0.29, 0.717) is 3.70 Å². The Balaban J connectivity index is 3.15. The summed E-state index contributed by atoms with van der Waals surface area (Å²) in [5.41, 5.74) is 5.70. The topological polar surface area (TPSA) is 65.2 Å². The molecule has 1 heterocycles. The molecule has 1 aromatic rings. The minimum Gasteiger partial charge on any atom is -0.466 e. The molecule has 0 aromatic carbocycles. The van der Waals surface area contributed by atoms with Crippen molar-refractivity contribution in [3.63, 3.8) is 0 Å². The van der Waals surface area contributed by atoms with Crippen molar-refractivity contribution >= 4 is 28.6 Å². The fourth-order valence-electron chi connectivity index (χ4n) is 1.56. The third-order valence-electron chi connectivity index (χ3n) is 2.32. The number of ether oxygens (including phenoxy) is 1. The lowest BCUT2D eigenvalue weighted by atomic mass is 10.0. The van der Waals surface area contributed by atoms with E-state index < -0.39 is 12.4 Å². The molecular weight excluding hydrogens is 357 g/mol. The van der Waals surface area contributed by atoms with Gasteiger partial charge < -0.3 is 10.5 Å². The second-order valence-electron chi connectivity index (χ2n) is 3.45. The van der Waals surface area contributed by atoms with Crippen LogP contribution in [0.25, 0.3) is 0 Å². The second-order valence-corrected chi connectivity index (χ2v) is 4.47. The van der Waals surface area contributed by atoms with Crippen LogP contribution in [0.3, 0.4) is 0 Å². The zero-order valence-corrected chi connectivity index (χ0v) is 11.9. The summed E-state index contributed by atoms with van der Waals surface area (Å²) >= 11 is 1.85. The number of rotatable bonds is 5. The number of nitrogens with zero attached hydrogens (tertiary/aromatic N) is 1. The van der Waals surface area contributed by atoms with Crippen LogP contribution in [0.5, 0.6) is 0 Å². The molecule has 7 heteroatoms. The van der Waals surface area contributed by atoms with Crippen LogP contribution >= 0.6 is 22.6 Å². The monoisotopic (exact) mass is 370 g/mol. The van der Waals surface area contributed by atoms with Crippen molar-refractivity contribution in [3.8, 4) is 0 Å². The quantitative estimate of drug-likeness (QED) is 0.490. The summed E-state index contributed by atoms with van der Waals surface area (Å²) in [5, 5.41) is 0. The lowest BCUT2D eigenvalue weighted by molar-refractivity contribution is -0.142. The fraction of sp³-hybridized carbons (Fsp3) is 0.455. The molecule has 1 aromatic heterocycles. The van der Waals surface area contributed by atoms with Crippen LogP contribution in [-0.4, -0.2) is 17.6 Å². The van der Waals surface area contributed by atoms with E-state index in [1.54, 1.807) is 6.92 Å². The van der Waals surface area contributed by atoms with Gasteiger partial charge in [0.25, 0.3) is 6.43 Å². The Morgan fingerprint density at radius 1 is 1.61 bits per heavy atom. The average Bonchev–Trinajstić information content (AvgIpc) is 2.30. The van der Waals surface area contributed by atoms with Gasteiger partial charge in [-0.15, -0.1) is 0 Å². The molecule has 0 aliphatic carbocycles. The number of pyridine rings is 1. The van der Waals surface area contributed by atoms with Crippen LogP contribution in [0.1, 0.15) is 30.0 Å². The lowest BCUT2D eigenvalue weighted by Crippen LogP contribution is -2.14. The summed E-state index contributed by atoms with van der Waals surface area (Å²) < 4.78 is 31.3. The number of carbonyl (C=O) groups excluding carboxylic acids is 1. The third-order valence-corrected chi connectivity index (χ3v) is 3.25. The first-order chi connectivity index (χ1) is 8.51. The van der Waals surface area contributed by atoms with Crippen molar-refractivity contribution in [2.24, 2.45) is 5.73 Å². The number of hydrogen-bond donors (Lipinski definition) is 1. The van der Waals surface area contributed by atoms with Crippen molar-refractivity contribution in [1.82, 2.24) is 4.98 Å². The van der Waals surface area contributed by atoms with Gasteiger partial charge in [-0.1, -0.05) is 0 Å². The largest absolute Gasteiger partial charge is 0.466 e. The van der Waals surface area contributed by atoms with E-state index in [2.05, 4.69) is 4.98 Å². The van der Waals surface area contributed by atoms with Gasteiger partial charge >= 0.3 is 5.97 Å². The van der Waals surface area contributed by atoms with E-state index in [-0.39, 0.29) is 36.3 Å². The number of esters is 1. The van der Waals surface area contributed by atoms with Crippen LogP contribution < -0.4 is 5.73 Å². The molecule has 0 atom stereocenters. The molecule has 2 N–H and O–H groups in total. The smallest absolute Gasteiger partial charge is 0.310 e. The van der Waals surface area contributed by atoms with E-state index in [4.69, 9.17) is 10.5 Å². The van der Waals surface area contributed by atoms with Gasteiger partial charge in [-0.05, 0) is 35.1 Å². The Bertz CT molecular complexity index is 441. The van der Waals surface area contributed by atoms with Crippen molar-refractivity contribution < 1.29 is 18.3 Å². The summed E-state index contributed by atoms with van der Waals surface area (Å²) in [5.74, 6) is -0.551. The molecule has 0 unspecified atom stereocenters. The molecule has 0 aliphatic rings. The predicted molar refractivity (Wildman–Crippen MR) is 70.1 cm³/mol. The number of carbonyl (C=O) groups is 1. The number of hydrogen-bond acceptors (Lipinski definition) is 4. The minimum atomic E-state index is -2.69. The Morgan fingerprint density at radius 3 is 2.78 bits per heavy atom. The maximum Gasteiger partial charge on any atom is 0.310 e. The highest BCUT2D eigenvalue weighted by Crippen LogP contribution is 2.29. The molecule has 0 saturated carbocycles. The van der Waals surface area contributed by atoms with Gasteiger partial charge in [0.05, 0.1) is 13.0 Å². The average molecular weight is 370 g/mol. The highest BCUT2D eigenvalue weighted by molar-refractivity contribution is 14.1. The molecule has 0 fully saturated rings. The SMILES string of the molecule is CCOC(=O)Cc1cnc(I)c(CN)c1C(F)F. The highest BCUT2D eigenvalue weighted by Gasteiger charge is 2.22. The van der Waals surface area contributed by atoms with E-state index in [9.17, 15) is 13.6 Å². The Kier molecular flexibility index (Phi) is 5.86. The molecule has 18 heavy (non-hydrogen) atoms. The van der Waals surface area contributed by atoms with E-state index >= 15 is 0 Å². The molecule has 1 rings (SSSR count). The van der Waals surface area contributed by atoms with Gasteiger partial charge in [0, 0.05) is 23.9 Å². The van der Waals surface area contributed by atoms with Crippen LogP contribution in [0.2, 0.25) is 0 Å². The Labute approximate surface area is 117 Å². The fourth-order valence-corrected chi connectivity index (χ4v) is 2.21. The first kappa shape index (κ1) is 15.2. The van der Waals surface area contributed by atoms with Crippen LogP contribution in [0.4, 0.5) is 8.78 Å². The van der Waals surface area contributed by atoms with E-state index in [0.717, 1.165) is 0 Å². The summed E-state index contributed by atoms with van der Waals surface area (Å²) in [6.45, 7) is 1.83. The summed E-state index contributed by atoms with van der Waals surface area (Å²) in [6, 6.07) is 0. The van der Waals surface area contributed by atoms with Crippen molar-refractivity contribution in [2.45, 2.75) is 26.3 Å². The third kappa shape index (κ3) is 3.58. The first-order valence-corrected chi connectivity index (χ1v) is 6.39. The number of alkyl halides is 2. The van der Waals surface area contributed by atoms with E-state index in [1.807, 2.05) is 22.6 Å². The van der Waals surface area contributed by atoms with Crippen molar-refractivity contribution in [2.75, 3.05) is 6.61 Å². The standard InChI is InChI=1S/C11H13F2IN2O2/c1-2-18-8(17)3-6-5-16-11(14)7(4-15)9(6)10(12)13/h5,10H,2-4,15H2,1H3. The van der Waals surface area contributed by atoms with Gasteiger partial charge in [-0.2, -0.15) is 0 Å². The Morgan fingerprint density at radius 2 is 2.28 bits per heavy atom. The number of aromatic nitrogens is 1. The normalized spacial score (nSPS) is 10.8. The van der Waals surface area contributed by atoms with Gasteiger partial charge in [0.2, 0.25) is 0 Å². The predicted octanol–water partition coefficient (Wildman–Crippen LogP) is 2.19. The molecule has 100 valence electrons. The summed E-state index contributed by atoms with van der Waals surface area (Å²) in [7, 11) is 0. The van der Waals surface area contributed by atoms with E-state index in [1.165, 1.54) is 6.20 Å². The van der Waals surface area contributed by atoms with Crippen LogP contribution in [-0.2, 0) is 22.5 Å². The highest BCUT2D eigenvalue weighted by atomic mass is 127. The molecule has 4 nitrogen and oxygen atoms in total. The van der Waals surface area contributed by atoms with Crippen LogP contribution in [0, 0.1) is 3.70 Å². The molecular formula is C11H13F2IN2O2. The zero-order valence-electron chi connectivity index (χ0n) is 9.75. The molecule has 0 amide bonds. The maximum absolute atomic E-state index is 13.1. The van der Waals surface area contributed by atoms with Gasteiger partial charge in [-0.3, -0.25) is 4.79 Å². The number of halogens is 3. The first-order valence-electron chi connectivity index (χ1n) is 5.31. The van der Waals surface area contributed by atoms with Crippen LogP contribution in [0.15, 0.2) is 6.20 Å². The molecule has 0 bridgehead atoms. The van der Waals surface area contributed by atoms with Crippen molar-refractivity contribution in [3.05, 3.63) is 26.6 Å². The molecule has 0 spiro atoms. The summed E-state index contributed by atoms with van der Waals surface area (Å²) in [4.78, 5) is 15.3. The van der Waals surface area contributed by atoms with Crippen molar-refractivity contribution in [1.29, 1.82) is 0 Å². The Hall–Kier alpha value is -0.830. The minimum absolute atomic E-state index is 0.0401. The molecule has 0 radical (unpaired) electrons. The van der Waals surface area contributed by atoms with Gasteiger partial charge in [0.15, 0.2) is 0 Å².